The van der Waals surface area contributed by atoms with E-state index in [2.05, 4.69) is 48.7 Å². The van der Waals surface area contributed by atoms with E-state index in [1.54, 1.807) is 32.4 Å². The summed E-state index contributed by atoms with van der Waals surface area (Å²) in [4.78, 5) is 13.6. The molecular weight excluding hydrogens is 932 g/mol. The predicted octanol–water partition coefficient (Wildman–Crippen LogP) is 14.8. The van der Waals surface area contributed by atoms with Crippen LogP contribution in [0.1, 0.15) is 115 Å². The third kappa shape index (κ3) is 9.21. The first-order chi connectivity index (χ1) is 36.1. The fourth-order valence-electron chi connectivity index (χ4n) is 11.9. The molecule has 0 bridgehead atoms. The molecule has 3 aliphatic carbocycles. The molecular formula is C65H60F3NO5. The highest BCUT2D eigenvalue weighted by atomic mass is 19.4. The first-order valence-corrected chi connectivity index (χ1v) is 26.1. The van der Waals surface area contributed by atoms with E-state index in [1.165, 1.54) is 69.1 Å². The molecule has 6 nitrogen and oxygen atoms in total. The second-order valence-corrected chi connectivity index (χ2v) is 20.1. The lowest BCUT2D eigenvalue weighted by molar-refractivity contribution is -0.137. The minimum absolute atomic E-state index is 0.0119. The van der Waals surface area contributed by atoms with Crippen molar-refractivity contribution in [2.45, 2.75) is 94.9 Å². The maximum Gasteiger partial charge on any atom is 0.417 e. The number of alkyl halides is 3. The second-order valence-electron chi connectivity index (χ2n) is 20.1. The van der Waals surface area contributed by atoms with Gasteiger partial charge in [-0.15, -0.1) is 0 Å². The van der Waals surface area contributed by atoms with E-state index < -0.39 is 29.4 Å². The summed E-state index contributed by atoms with van der Waals surface area (Å²) in [5.41, 5.74) is 7.15. The molecule has 0 saturated heterocycles. The van der Waals surface area contributed by atoms with Crippen molar-refractivity contribution in [2.24, 2.45) is 5.92 Å². The molecule has 11 rings (SSSR count). The van der Waals surface area contributed by atoms with Crippen LogP contribution in [0.4, 0.5) is 18.9 Å². The maximum atomic E-state index is 15.2. The van der Waals surface area contributed by atoms with Gasteiger partial charge in [0.1, 0.15) is 34.7 Å². The number of allylic oxidation sites excluding steroid dienone is 3. The van der Waals surface area contributed by atoms with Crippen LogP contribution in [-0.2, 0) is 21.3 Å². The molecule has 74 heavy (non-hydrogen) atoms. The Hall–Kier alpha value is -7.36. The minimum Gasteiger partial charge on any atom is -0.497 e. The Labute approximate surface area is 431 Å². The van der Waals surface area contributed by atoms with E-state index in [9.17, 15) is 4.79 Å². The molecule has 6 aromatic carbocycles. The van der Waals surface area contributed by atoms with Gasteiger partial charge >= 0.3 is 6.18 Å². The van der Waals surface area contributed by atoms with Crippen molar-refractivity contribution >= 4 is 28.7 Å². The first-order valence-electron chi connectivity index (χ1n) is 26.1. The number of benzene rings is 6. The van der Waals surface area contributed by atoms with Crippen molar-refractivity contribution < 1.29 is 36.9 Å². The van der Waals surface area contributed by atoms with Crippen LogP contribution in [0.15, 0.2) is 181 Å². The molecule has 6 aromatic rings. The number of methoxy groups -OCH3 is 2. The largest absolute Gasteiger partial charge is 0.497 e. The van der Waals surface area contributed by atoms with Crippen LogP contribution in [0.25, 0.3) is 28.2 Å². The molecule has 1 fully saturated rings. The third-order valence-corrected chi connectivity index (χ3v) is 15.8. The summed E-state index contributed by atoms with van der Waals surface area (Å²) in [7, 11) is 3.27. The van der Waals surface area contributed by atoms with Crippen LogP contribution in [0.2, 0.25) is 0 Å². The van der Waals surface area contributed by atoms with Gasteiger partial charge in [0, 0.05) is 27.6 Å². The fraction of sp³-hybridized carbons (Fsp3) is 0.277. The van der Waals surface area contributed by atoms with Gasteiger partial charge in [-0.1, -0.05) is 130 Å². The standard InChI is InChI=1S/C65H60F3NO5/c1-4-5-6-11-41-16-18-42(19-17-41)43-20-22-44(23-21-43)45-24-26-46(27-25-45)63(70)69-49-32-37-54(58(40-49)65(66,67)68)59-39-38-56-61(73-59)53-13-8-7-12-52(53)60-55-14-9-10-15-57(55)64(74-62(56)60,47-28-33-50(71-2)34-29-47)48-30-35-51(72-3)36-31-48/h7-8,10,12-13,15,20-42,62H,4-6,9,11,14,16-19H2,1-3H3,(H,69,70)/t41-,42-,62?. The SMILES string of the molecule is CCCCC[C@H]1CC[C@H](c2ccc(-c3ccc(C(=O)Nc4ccc(C5=CC=C6C(=c7ccccc7=C7C8=C(C=CCC8)C(c8ccc(OC)cc8)(c8ccc(OC)cc8)OC67)O5)c(C(F)(F)F)c4)cc3)cc2)CC1. The number of rotatable bonds is 13. The van der Waals surface area contributed by atoms with Crippen LogP contribution in [0.3, 0.4) is 0 Å². The first kappa shape index (κ1) is 48.9. The summed E-state index contributed by atoms with van der Waals surface area (Å²) in [6.45, 7) is 2.26. The predicted molar refractivity (Wildman–Crippen MR) is 287 cm³/mol. The molecule has 0 spiro atoms. The van der Waals surface area contributed by atoms with Gasteiger partial charge in [0.15, 0.2) is 0 Å². The zero-order valence-electron chi connectivity index (χ0n) is 42.1. The molecule has 0 radical (unpaired) electrons. The second kappa shape index (κ2) is 20.5. The highest BCUT2D eigenvalue weighted by Gasteiger charge is 2.50. The van der Waals surface area contributed by atoms with E-state index in [0.29, 0.717) is 34.3 Å². The Morgan fingerprint density at radius 1 is 0.743 bits per heavy atom. The maximum absolute atomic E-state index is 15.2. The summed E-state index contributed by atoms with van der Waals surface area (Å²) in [5.74, 6) is 2.78. The zero-order chi connectivity index (χ0) is 51.0. The van der Waals surface area contributed by atoms with Crippen molar-refractivity contribution in [3.05, 3.63) is 224 Å². The van der Waals surface area contributed by atoms with E-state index in [1.807, 2.05) is 91.0 Å². The van der Waals surface area contributed by atoms with Gasteiger partial charge in [0.2, 0.25) is 0 Å². The molecule has 1 atom stereocenters. The Bertz CT molecular complexity index is 3290. The van der Waals surface area contributed by atoms with Crippen molar-refractivity contribution in [1.82, 2.24) is 0 Å². The minimum atomic E-state index is -4.79. The molecule has 1 N–H and O–H groups in total. The van der Waals surface area contributed by atoms with Gasteiger partial charge in [-0.2, -0.15) is 13.2 Å². The van der Waals surface area contributed by atoms with E-state index >= 15 is 13.2 Å². The van der Waals surface area contributed by atoms with Gasteiger partial charge in [0.05, 0.1) is 19.8 Å². The number of carbonyl (C=O) groups excluding carboxylic acids is 1. The number of halogens is 3. The van der Waals surface area contributed by atoms with Gasteiger partial charge in [-0.3, -0.25) is 4.79 Å². The lowest BCUT2D eigenvalue weighted by Crippen LogP contribution is -2.49. The van der Waals surface area contributed by atoms with E-state index in [0.717, 1.165) is 74.2 Å². The number of nitrogens with one attached hydrogen (secondary N) is 1. The van der Waals surface area contributed by atoms with Crippen LogP contribution < -0.4 is 25.2 Å². The van der Waals surface area contributed by atoms with Crippen LogP contribution >= 0.6 is 0 Å². The lowest BCUT2D eigenvalue weighted by atomic mass is 9.69. The number of carbonyl (C=O) groups is 1. The van der Waals surface area contributed by atoms with Crippen molar-refractivity contribution in [1.29, 1.82) is 0 Å². The molecule has 5 aliphatic rings. The smallest absolute Gasteiger partial charge is 0.417 e. The number of hydrogen-bond acceptors (Lipinski definition) is 5. The molecule has 2 heterocycles. The Balaban J connectivity index is 0.880. The Morgan fingerprint density at radius 2 is 1.39 bits per heavy atom. The lowest BCUT2D eigenvalue weighted by Gasteiger charge is -2.48. The normalized spacial score (nSPS) is 19.7. The topological polar surface area (TPSA) is 66.0 Å². The molecule has 376 valence electrons. The fourth-order valence-corrected chi connectivity index (χ4v) is 11.9. The number of fused-ring (bicyclic) bond motifs is 5. The Kier molecular flexibility index (Phi) is 13.5. The molecule has 1 unspecified atom stereocenters. The quantitative estimate of drug-likeness (QED) is 0.117. The molecule has 0 aromatic heterocycles. The molecule has 1 saturated carbocycles. The van der Waals surface area contributed by atoms with E-state index in [-0.39, 0.29) is 17.0 Å². The van der Waals surface area contributed by atoms with Crippen molar-refractivity contribution in [3.8, 4) is 22.6 Å². The molecule has 2 aliphatic heterocycles. The average Bonchev–Trinajstić information content (AvgIpc) is 3.47. The summed E-state index contributed by atoms with van der Waals surface area (Å²) in [6.07, 6.45) is 14.3. The summed E-state index contributed by atoms with van der Waals surface area (Å²) in [5, 5.41) is 4.38. The van der Waals surface area contributed by atoms with E-state index in [4.69, 9.17) is 18.9 Å². The average molecular weight is 992 g/mol. The highest BCUT2D eigenvalue weighted by molar-refractivity contribution is 6.04. The number of amides is 1. The van der Waals surface area contributed by atoms with Crippen molar-refractivity contribution in [3.63, 3.8) is 0 Å². The van der Waals surface area contributed by atoms with Crippen molar-refractivity contribution in [2.75, 3.05) is 19.5 Å². The van der Waals surface area contributed by atoms with Crippen LogP contribution in [0.5, 0.6) is 11.5 Å². The molecule has 9 heteroatoms. The number of ether oxygens (including phenoxy) is 4. The monoisotopic (exact) mass is 991 g/mol. The summed E-state index contributed by atoms with van der Waals surface area (Å²) >= 11 is 0. The Morgan fingerprint density at radius 3 is 2.03 bits per heavy atom. The summed E-state index contributed by atoms with van der Waals surface area (Å²) in [6, 6.07) is 43.4. The number of hydrogen-bond donors (Lipinski definition) is 1. The van der Waals surface area contributed by atoms with Gasteiger partial charge in [-0.25, -0.2) is 0 Å². The third-order valence-electron chi connectivity index (χ3n) is 15.8. The molecule has 1 amide bonds. The van der Waals surface area contributed by atoms with Gasteiger partial charge in [-0.05, 0) is 167 Å². The van der Waals surface area contributed by atoms with Gasteiger partial charge in [0.25, 0.3) is 5.91 Å². The number of anilines is 1. The highest BCUT2D eigenvalue weighted by Crippen LogP contribution is 2.55. The summed E-state index contributed by atoms with van der Waals surface area (Å²) < 4.78 is 71.2. The zero-order valence-corrected chi connectivity index (χ0v) is 42.1. The van der Waals surface area contributed by atoms with Gasteiger partial charge < -0.3 is 24.3 Å². The van der Waals surface area contributed by atoms with Crippen LogP contribution in [0, 0.1) is 5.92 Å². The van der Waals surface area contributed by atoms with Crippen LogP contribution in [-0.4, -0.2) is 26.2 Å². The number of unbranched alkanes of at least 4 members (excludes halogenated alkanes) is 2.